The van der Waals surface area contributed by atoms with Crippen LogP contribution in [0.15, 0.2) is 47.6 Å². The average molecular weight is 360 g/mol. The fourth-order valence-electron chi connectivity index (χ4n) is 1.81. The van der Waals surface area contributed by atoms with Crippen molar-refractivity contribution in [2.75, 3.05) is 5.32 Å². The molecule has 2 aromatic carbocycles. The number of carbonyl (C=O) groups is 1. The molecule has 0 aliphatic rings. The van der Waals surface area contributed by atoms with E-state index in [-0.39, 0.29) is 27.7 Å². The second-order valence-corrected chi connectivity index (χ2v) is 5.12. The van der Waals surface area contributed by atoms with E-state index in [1.807, 2.05) is 0 Å². The quantitative estimate of drug-likeness (QED) is 0.276. The number of benzene rings is 2. The first-order valence-corrected chi connectivity index (χ1v) is 7.18. The van der Waals surface area contributed by atoms with Gasteiger partial charge in [0.1, 0.15) is 5.75 Å². The van der Waals surface area contributed by atoms with Crippen molar-refractivity contribution in [2.24, 2.45) is 5.10 Å². The molecule has 0 fully saturated rings. The van der Waals surface area contributed by atoms with E-state index in [0.29, 0.717) is 5.69 Å². The first kappa shape index (κ1) is 17.8. The third-order valence-corrected chi connectivity index (χ3v) is 3.15. The van der Waals surface area contributed by atoms with Gasteiger partial charge in [-0.3, -0.25) is 15.5 Å². The van der Waals surface area contributed by atoms with Crippen LogP contribution in [0.5, 0.6) is 5.75 Å². The summed E-state index contributed by atoms with van der Waals surface area (Å²) in [6.07, 6.45) is 1.17. The highest BCUT2D eigenvalue weighted by molar-refractivity contribution is 7.80. The minimum absolute atomic E-state index is 0.0729. The van der Waals surface area contributed by atoms with Crippen LogP contribution in [0.3, 0.4) is 0 Å². The first-order chi connectivity index (χ1) is 11.9. The minimum atomic E-state index is -1.07. The van der Waals surface area contributed by atoms with Crippen LogP contribution >= 0.6 is 12.2 Å². The van der Waals surface area contributed by atoms with Crippen LogP contribution < -0.4 is 10.7 Å². The van der Waals surface area contributed by atoms with Crippen molar-refractivity contribution in [3.05, 3.63) is 63.7 Å². The zero-order valence-electron chi connectivity index (χ0n) is 12.5. The number of phenols is 1. The van der Waals surface area contributed by atoms with Gasteiger partial charge in [0, 0.05) is 23.4 Å². The van der Waals surface area contributed by atoms with Crippen LogP contribution in [0.4, 0.5) is 11.4 Å². The van der Waals surface area contributed by atoms with Gasteiger partial charge in [0.2, 0.25) is 0 Å². The van der Waals surface area contributed by atoms with Gasteiger partial charge < -0.3 is 15.5 Å². The van der Waals surface area contributed by atoms with Crippen LogP contribution in [0.1, 0.15) is 15.9 Å². The largest absolute Gasteiger partial charge is 0.507 e. The van der Waals surface area contributed by atoms with E-state index in [0.717, 1.165) is 6.07 Å². The van der Waals surface area contributed by atoms with Crippen LogP contribution in [0.2, 0.25) is 0 Å². The van der Waals surface area contributed by atoms with Gasteiger partial charge in [-0.25, -0.2) is 4.79 Å². The number of nitrogens with zero attached hydrogens (tertiary/aromatic N) is 2. The predicted octanol–water partition coefficient (Wildman–Crippen LogP) is 2.32. The molecule has 0 bridgehead atoms. The molecule has 0 aliphatic heterocycles. The van der Waals surface area contributed by atoms with Gasteiger partial charge in [0.25, 0.3) is 5.69 Å². The lowest BCUT2D eigenvalue weighted by Gasteiger charge is -2.07. The number of non-ortho nitro benzene ring substituents is 1. The summed E-state index contributed by atoms with van der Waals surface area (Å²) < 4.78 is 0. The second kappa shape index (κ2) is 7.84. The van der Waals surface area contributed by atoms with Crippen LogP contribution in [0.25, 0.3) is 0 Å². The third kappa shape index (κ3) is 4.97. The van der Waals surface area contributed by atoms with Crippen molar-refractivity contribution >= 4 is 40.9 Å². The summed E-state index contributed by atoms with van der Waals surface area (Å²) in [5.74, 6) is -1.24. The number of thiocarbonyl (C=S) groups is 1. The summed E-state index contributed by atoms with van der Waals surface area (Å²) >= 11 is 5.01. The molecule has 0 radical (unpaired) electrons. The normalized spacial score (nSPS) is 10.4. The highest BCUT2D eigenvalue weighted by Crippen LogP contribution is 2.21. The first-order valence-electron chi connectivity index (χ1n) is 6.77. The van der Waals surface area contributed by atoms with E-state index in [9.17, 15) is 20.0 Å². The molecule has 0 saturated carbocycles. The smallest absolute Gasteiger partial charge is 0.335 e. The number of nitrogens with one attached hydrogen (secondary N) is 2. The molecular formula is C15H12N4O5S. The van der Waals surface area contributed by atoms with Crippen molar-refractivity contribution in [3.8, 4) is 5.75 Å². The Kier molecular flexibility index (Phi) is 5.58. The topological polar surface area (TPSA) is 137 Å². The Morgan fingerprint density at radius 3 is 2.72 bits per heavy atom. The maximum Gasteiger partial charge on any atom is 0.335 e. The summed E-state index contributed by atoms with van der Waals surface area (Å²) in [6, 6.07) is 9.53. The summed E-state index contributed by atoms with van der Waals surface area (Å²) in [6.45, 7) is 0. The van der Waals surface area contributed by atoms with Gasteiger partial charge in [-0.05, 0) is 36.5 Å². The Morgan fingerprint density at radius 1 is 1.28 bits per heavy atom. The number of nitro groups is 1. The standard InChI is InChI=1S/C15H12N4O5S/c20-13-5-4-12(19(23)24)7-10(13)8-16-18-15(25)17-11-3-1-2-9(6-11)14(21)22/h1-8,20H,(H,21,22)(H2,17,18,25). The number of phenolic OH excluding ortho intramolecular Hbond substituents is 1. The van der Waals surface area contributed by atoms with Crippen LogP contribution in [0, 0.1) is 10.1 Å². The molecule has 0 aliphatic carbocycles. The van der Waals surface area contributed by atoms with Gasteiger partial charge in [0.05, 0.1) is 16.7 Å². The van der Waals surface area contributed by atoms with Gasteiger partial charge in [-0.1, -0.05) is 6.07 Å². The molecule has 128 valence electrons. The van der Waals surface area contributed by atoms with E-state index in [2.05, 4.69) is 15.8 Å². The highest BCUT2D eigenvalue weighted by atomic mass is 32.1. The molecule has 4 N–H and O–H groups in total. The van der Waals surface area contributed by atoms with Crippen molar-refractivity contribution in [1.29, 1.82) is 0 Å². The average Bonchev–Trinajstić information content (AvgIpc) is 2.56. The lowest BCUT2D eigenvalue weighted by Crippen LogP contribution is -2.24. The molecule has 0 heterocycles. The maximum absolute atomic E-state index is 10.9. The van der Waals surface area contributed by atoms with E-state index >= 15 is 0 Å². The summed E-state index contributed by atoms with van der Waals surface area (Å²) in [5, 5.41) is 35.9. The number of carboxylic acids is 1. The molecular weight excluding hydrogens is 348 g/mol. The number of nitro benzene ring substituents is 1. The molecule has 0 unspecified atom stereocenters. The molecule has 9 nitrogen and oxygen atoms in total. The molecule has 2 aromatic rings. The van der Waals surface area contributed by atoms with E-state index in [1.165, 1.54) is 30.5 Å². The monoisotopic (exact) mass is 360 g/mol. The Hall–Kier alpha value is -3.53. The predicted molar refractivity (Wildman–Crippen MR) is 95.1 cm³/mol. The Balaban J connectivity index is 2.01. The second-order valence-electron chi connectivity index (χ2n) is 4.71. The van der Waals surface area contributed by atoms with Gasteiger partial charge >= 0.3 is 5.97 Å². The highest BCUT2D eigenvalue weighted by Gasteiger charge is 2.09. The number of anilines is 1. The number of hydrogen-bond donors (Lipinski definition) is 4. The third-order valence-electron chi connectivity index (χ3n) is 2.96. The molecule has 0 saturated heterocycles. The molecule has 0 spiro atoms. The zero-order valence-corrected chi connectivity index (χ0v) is 13.4. The van der Waals surface area contributed by atoms with Crippen molar-refractivity contribution in [2.45, 2.75) is 0 Å². The number of hydrogen-bond acceptors (Lipinski definition) is 6. The summed E-state index contributed by atoms with van der Waals surface area (Å²) in [5.41, 5.74) is 2.96. The van der Waals surface area contributed by atoms with Crippen LogP contribution in [-0.2, 0) is 0 Å². The van der Waals surface area contributed by atoms with Gasteiger partial charge in [0.15, 0.2) is 5.11 Å². The summed E-state index contributed by atoms with van der Waals surface area (Å²) in [7, 11) is 0. The lowest BCUT2D eigenvalue weighted by atomic mass is 10.2. The SMILES string of the molecule is O=C(O)c1cccc(NC(=S)NN=Cc2cc([N+](=O)[O-])ccc2O)c1. The Morgan fingerprint density at radius 2 is 2.04 bits per heavy atom. The minimum Gasteiger partial charge on any atom is -0.507 e. The molecule has 2 rings (SSSR count). The number of carboxylic acid groups (broad SMARTS) is 1. The maximum atomic E-state index is 10.9. The molecule has 0 atom stereocenters. The van der Waals surface area contributed by atoms with Crippen molar-refractivity contribution in [1.82, 2.24) is 5.43 Å². The number of aromatic hydroxyl groups is 1. The van der Waals surface area contributed by atoms with E-state index in [1.54, 1.807) is 12.1 Å². The van der Waals surface area contributed by atoms with Gasteiger partial charge in [-0.15, -0.1) is 0 Å². The number of rotatable bonds is 5. The number of aromatic carboxylic acids is 1. The van der Waals surface area contributed by atoms with E-state index in [4.69, 9.17) is 17.3 Å². The van der Waals surface area contributed by atoms with E-state index < -0.39 is 10.9 Å². The summed E-state index contributed by atoms with van der Waals surface area (Å²) in [4.78, 5) is 21.0. The van der Waals surface area contributed by atoms with Gasteiger partial charge in [-0.2, -0.15) is 5.10 Å². The van der Waals surface area contributed by atoms with Crippen LogP contribution in [-0.4, -0.2) is 32.4 Å². The Bertz CT molecular complexity index is 869. The fourth-order valence-corrected chi connectivity index (χ4v) is 1.98. The van der Waals surface area contributed by atoms with Crippen molar-refractivity contribution in [3.63, 3.8) is 0 Å². The molecule has 0 amide bonds. The fraction of sp³-hybridized carbons (Fsp3) is 0. The number of hydrazone groups is 1. The Labute approximate surface area is 146 Å². The molecule has 10 heteroatoms. The zero-order chi connectivity index (χ0) is 18.4. The molecule has 25 heavy (non-hydrogen) atoms. The molecule has 0 aromatic heterocycles. The van der Waals surface area contributed by atoms with Crippen molar-refractivity contribution < 1.29 is 19.9 Å². The lowest BCUT2D eigenvalue weighted by molar-refractivity contribution is -0.384.